The largest absolute Gasteiger partial charge is 0.497 e. The van der Waals surface area contributed by atoms with Crippen LogP contribution in [0.2, 0.25) is 0 Å². The SMILES string of the molecule is COc1ccc(OC(F)F)c(CNC(=O)CC2(CN)CCCCC2)c1.Cl. The lowest BCUT2D eigenvalue weighted by Crippen LogP contribution is -2.38. The molecule has 2 rings (SSSR count). The lowest BCUT2D eigenvalue weighted by Gasteiger charge is -2.35. The molecule has 1 aromatic rings. The summed E-state index contributed by atoms with van der Waals surface area (Å²) in [6.07, 6.45) is 5.63. The summed E-state index contributed by atoms with van der Waals surface area (Å²) in [6, 6.07) is 4.53. The van der Waals surface area contributed by atoms with Crippen molar-refractivity contribution in [2.24, 2.45) is 11.1 Å². The summed E-state index contributed by atoms with van der Waals surface area (Å²) in [6.45, 7) is -2.34. The average molecular weight is 393 g/mol. The van der Waals surface area contributed by atoms with Crippen LogP contribution in [-0.4, -0.2) is 26.2 Å². The molecule has 0 heterocycles. The first-order valence-electron chi connectivity index (χ1n) is 8.56. The van der Waals surface area contributed by atoms with Crippen LogP contribution in [0.4, 0.5) is 8.78 Å². The molecule has 1 amide bonds. The van der Waals surface area contributed by atoms with Gasteiger partial charge < -0.3 is 20.5 Å². The Morgan fingerprint density at radius 3 is 2.58 bits per heavy atom. The van der Waals surface area contributed by atoms with Crippen LogP contribution in [0.25, 0.3) is 0 Å². The Morgan fingerprint density at radius 2 is 2.00 bits per heavy atom. The Morgan fingerprint density at radius 1 is 1.31 bits per heavy atom. The molecule has 0 bridgehead atoms. The molecule has 0 radical (unpaired) electrons. The van der Waals surface area contributed by atoms with Crippen LogP contribution in [0, 0.1) is 5.41 Å². The van der Waals surface area contributed by atoms with Gasteiger partial charge in [0.05, 0.1) is 7.11 Å². The predicted octanol–water partition coefficient (Wildman–Crippen LogP) is 3.63. The van der Waals surface area contributed by atoms with E-state index in [0.717, 1.165) is 25.7 Å². The second kappa shape index (κ2) is 10.5. The third kappa shape index (κ3) is 6.29. The summed E-state index contributed by atoms with van der Waals surface area (Å²) >= 11 is 0. The third-order valence-electron chi connectivity index (χ3n) is 4.84. The number of hydrogen-bond acceptors (Lipinski definition) is 4. The van der Waals surface area contributed by atoms with E-state index in [2.05, 4.69) is 10.1 Å². The van der Waals surface area contributed by atoms with Gasteiger partial charge in [0.2, 0.25) is 5.91 Å². The van der Waals surface area contributed by atoms with Crippen LogP contribution in [0.15, 0.2) is 18.2 Å². The predicted molar refractivity (Wildman–Crippen MR) is 97.9 cm³/mol. The van der Waals surface area contributed by atoms with Crippen molar-refractivity contribution in [3.8, 4) is 11.5 Å². The van der Waals surface area contributed by atoms with E-state index in [-0.39, 0.29) is 36.0 Å². The van der Waals surface area contributed by atoms with Crippen molar-refractivity contribution in [3.63, 3.8) is 0 Å². The number of benzene rings is 1. The average Bonchev–Trinajstić information content (AvgIpc) is 2.61. The van der Waals surface area contributed by atoms with Gasteiger partial charge in [-0.25, -0.2) is 0 Å². The summed E-state index contributed by atoms with van der Waals surface area (Å²) < 4.78 is 34.7. The zero-order chi connectivity index (χ0) is 18.3. The van der Waals surface area contributed by atoms with Crippen LogP contribution in [0.3, 0.4) is 0 Å². The molecular formula is C18H27ClF2N2O3. The molecule has 1 aliphatic rings. The minimum atomic E-state index is -2.93. The van der Waals surface area contributed by atoms with E-state index in [1.807, 2.05) is 0 Å². The molecular weight excluding hydrogens is 366 g/mol. The molecule has 3 N–H and O–H groups in total. The van der Waals surface area contributed by atoms with E-state index in [1.165, 1.54) is 25.7 Å². The zero-order valence-electron chi connectivity index (χ0n) is 14.9. The lowest BCUT2D eigenvalue weighted by atomic mass is 9.71. The number of amides is 1. The summed E-state index contributed by atoms with van der Waals surface area (Å²) in [5.74, 6) is 0.414. The third-order valence-corrected chi connectivity index (χ3v) is 4.84. The smallest absolute Gasteiger partial charge is 0.387 e. The van der Waals surface area contributed by atoms with Crippen LogP contribution < -0.4 is 20.5 Å². The minimum Gasteiger partial charge on any atom is -0.497 e. The number of nitrogens with one attached hydrogen (secondary N) is 1. The molecule has 0 unspecified atom stereocenters. The number of carbonyl (C=O) groups is 1. The van der Waals surface area contributed by atoms with Crippen molar-refractivity contribution in [2.75, 3.05) is 13.7 Å². The molecule has 1 fully saturated rings. The molecule has 1 aromatic carbocycles. The molecule has 1 aliphatic carbocycles. The molecule has 0 aromatic heterocycles. The molecule has 26 heavy (non-hydrogen) atoms. The molecule has 0 aliphatic heterocycles. The van der Waals surface area contributed by atoms with Gasteiger partial charge in [-0.2, -0.15) is 8.78 Å². The maximum atomic E-state index is 12.5. The Bertz CT molecular complexity index is 582. The van der Waals surface area contributed by atoms with Gasteiger partial charge in [-0.15, -0.1) is 12.4 Å². The standard InChI is InChI=1S/C18H26F2N2O3.ClH/c1-24-14-5-6-15(25-17(19)20)13(9-14)11-22-16(23)10-18(12-21)7-3-2-4-8-18;/h5-6,9,17H,2-4,7-8,10-12,21H2,1H3,(H,22,23);1H. The van der Waals surface area contributed by atoms with E-state index in [1.54, 1.807) is 6.07 Å². The van der Waals surface area contributed by atoms with Crippen LogP contribution in [0.5, 0.6) is 11.5 Å². The minimum absolute atomic E-state index is 0. The number of carbonyl (C=O) groups excluding carboxylic acids is 1. The summed E-state index contributed by atoms with van der Waals surface area (Å²) in [4.78, 5) is 12.3. The van der Waals surface area contributed by atoms with Gasteiger partial charge in [-0.05, 0) is 43.0 Å². The van der Waals surface area contributed by atoms with Crippen LogP contribution in [0.1, 0.15) is 44.1 Å². The Balaban J connectivity index is 0.00000338. The van der Waals surface area contributed by atoms with Gasteiger partial charge in [0.15, 0.2) is 0 Å². The second-order valence-corrected chi connectivity index (χ2v) is 6.57. The first-order chi connectivity index (χ1) is 12.0. The molecule has 0 spiro atoms. The van der Waals surface area contributed by atoms with E-state index in [0.29, 0.717) is 24.3 Å². The summed E-state index contributed by atoms with van der Waals surface area (Å²) in [5, 5.41) is 2.80. The molecule has 0 atom stereocenters. The fraction of sp³-hybridized carbons (Fsp3) is 0.611. The highest BCUT2D eigenvalue weighted by Crippen LogP contribution is 2.38. The van der Waals surface area contributed by atoms with Gasteiger partial charge in [-0.1, -0.05) is 19.3 Å². The van der Waals surface area contributed by atoms with Crippen LogP contribution >= 0.6 is 12.4 Å². The van der Waals surface area contributed by atoms with Crippen molar-refractivity contribution in [1.29, 1.82) is 0 Å². The Kier molecular flexibility index (Phi) is 9.08. The number of alkyl halides is 2. The number of ether oxygens (including phenoxy) is 2. The molecule has 148 valence electrons. The molecule has 5 nitrogen and oxygen atoms in total. The van der Waals surface area contributed by atoms with Crippen molar-refractivity contribution < 1.29 is 23.0 Å². The molecule has 0 saturated heterocycles. The number of rotatable bonds is 8. The normalized spacial score (nSPS) is 15.9. The number of halogens is 3. The van der Waals surface area contributed by atoms with Crippen molar-refractivity contribution in [3.05, 3.63) is 23.8 Å². The van der Waals surface area contributed by atoms with Gasteiger partial charge >= 0.3 is 6.61 Å². The van der Waals surface area contributed by atoms with E-state index in [9.17, 15) is 13.6 Å². The molecule has 1 saturated carbocycles. The van der Waals surface area contributed by atoms with E-state index >= 15 is 0 Å². The fourth-order valence-electron chi connectivity index (χ4n) is 3.38. The highest BCUT2D eigenvalue weighted by Gasteiger charge is 2.32. The fourth-order valence-corrected chi connectivity index (χ4v) is 3.38. The maximum Gasteiger partial charge on any atom is 0.387 e. The quantitative estimate of drug-likeness (QED) is 0.708. The maximum absolute atomic E-state index is 12.5. The number of nitrogens with two attached hydrogens (primary N) is 1. The van der Waals surface area contributed by atoms with E-state index in [4.69, 9.17) is 10.5 Å². The highest BCUT2D eigenvalue weighted by molar-refractivity contribution is 5.85. The first kappa shape index (κ1) is 22.4. The topological polar surface area (TPSA) is 73.6 Å². The number of hydrogen-bond donors (Lipinski definition) is 2. The van der Waals surface area contributed by atoms with Crippen molar-refractivity contribution >= 4 is 18.3 Å². The Labute approximate surface area is 159 Å². The first-order valence-corrected chi connectivity index (χ1v) is 8.56. The van der Waals surface area contributed by atoms with Gasteiger partial charge in [-0.3, -0.25) is 4.79 Å². The summed E-state index contributed by atoms with van der Waals surface area (Å²) in [7, 11) is 1.49. The van der Waals surface area contributed by atoms with E-state index < -0.39 is 6.61 Å². The van der Waals surface area contributed by atoms with Gasteiger partial charge in [0, 0.05) is 18.5 Å². The molecule has 8 heteroatoms. The monoisotopic (exact) mass is 392 g/mol. The summed E-state index contributed by atoms with van der Waals surface area (Å²) in [5.41, 5.74) is 6.21. The lowest BCUT2D eigenvalue weighted by molar-refractivity contribution is -0.124. The second-order valence-electron chi connectivity index (χ2n) is 6.57. The van der Waals surface area contributed by atoms with Gasteiger partial charge in [0.1, 0.15) is 11.5 Å². The van der Waals surface area contributed by atoms with Crippen molar-refractivity contribution in [2.45, 2.75) is 51.7 Å². The van der Waals surface area contributed by atoms with Crippen LogP contribution in [-0.2, 0) is 11.3 Å². The highest BCUT2D eigenvalue weighted by atomic mass is 35.5. The number of methoxy groups -OCH3 is 1. The van der Waals surface area contributed by atoms with Gasteiger partial charge in [0.25, 0.3) is 0 Å². The van der Waals surface area contributed by atoms with Crippen molar-refractivity contribution in [1.82, 2.24) is 5.32 Å². The zero-order valence-corrected chi connectivity index (χ0v) is 15.7. The Hall–Kier alpha value is -1.60.